The van der Waals surface area contributed by atoms with Gasteiger partial charge in [-0.3, -0.25) is 0 Å². The Bertz CT molecular complexity index is 470. The third kappa shape index (κ3) is 3.96. The summed E-state index contributed by atoms with van der Waals surface area (Å²) in [5.74, 6) is 0.999. The van der Waals surface area contributed by atoms with E-state index in [-0.39, 0.29) is 5.92 Å². The first-order valence-electron chi connectivity index (χ1n) is 7.79. The fourth-order valence-corrected chi connectivity index (χ4v) is 3.19. The van der Waals surface area contributed by atoms with Crippen LogP contribution in [0.2, 0.25) is 0 Å². The number of aryl methyl sites for hydroxylation is 2. The lowest BCUT2D eigenvalue weighted by Crippen LogP contribution is -2.45. The molecule has 2 N–H and O–H groups in total. The standard InChI is InChI=1S/C17H28N2O2/c1-12-9-13(2)17(21-4)15(10-12)16(20)14(3)11-19-7-5-18-6-8-19/h9-10,14,16,18,20H,5-8,11H2,1-4H3. The Morgan fingerprint density at radius 3 is 2.57 bits per heavy atom. The molecule has 1 aliphatic heterocycles. The molecular weight excluding hydrogens is 264 g/mol. The van der Waals surface area contributed by atoms with Gasteiger partial charge in [0.2, 0.25) is 0 Å². The van der Waals surface area contributed by atoms with Crippen LogP contribution in [-0.4, -0.2) is 49.8 Å². The summed E-state index contributed by atoms with van der Waals surface area (Å²) >= 11 is 0. The van der Waals surface area contributed by atoms with Crippen LogP contribution in [0.4, 0.5) is 0 Å². The molecule has 0 saturated carbocycles. The number of aliphatic hydroxyl groups excluding tert-OH is 1. The third-order valence-corrected chi connectivity index (χ3v) is 4.27. The highest BCUT2D eigenvalue weighted by Crippen LogP contribution is 2.34. The van der Waals surface area contributed by atoms with Gasteiger partial charge < -0.3 is 20.1 Å². The van der Waals surface area contributed by atoms with Crippen molar-refractivity contribution in [1.29, 1.82) is 0 Å². The number of piperazine rings is 1. The molecule has 1 aromatic carbocycles. The van der Waals surface area contributed by atoms with Crippen LogP contribution in [0.25, 0.3) is 0 Å². The average molecular weight is 292 g/mol. The SMILES string of the molecule is COc1c(C)cc(C)cc1C(O)C(C)CN1CCNCC1. The molecule has 2 atom stereocenters. The zero-order valence-corrected chi connectivity index (χ0v) is 13.6. The van der Waals surface area contributed by atoms with Crippen LogP contribution in [0.3, 0.4) is 0 Å². The minimum absolute atomic E-state index is 0.179. The smallest absolute Gasteiger partial charge is 0.127 e. The molecule has 4 nitrogen and oxygen atoms in total. The normalized spacial score (nSPS) is 19.3. The Hall–Kier alpha value is -1.10. The molecule has 0 amide bonds. The van der Waals surface area contributed by atoms with Crippen molar-refractivity contribution in [1.82, 2.24) is 10.2 Å². The Morgan fingerprint density at radius 2 is 1.95 bits per heavy atom. The molecule has 0 aliphatic carbocycles. The summed E-state index contributed by atoms with van der Waals surface area (Å²) in [5.41, 5.74) is 3.16. The highest BCUT2D eigenvalue weighted by atomic mass is 16.5. The monoisotopic (exact) mass is 292 g/mol. The molecule has 1 fully saturated rings. The van der Waals surface area contributed by atoms with Crippen molar-refractivity contribution in [2.75, 3.05) is 39.8 Å². The number of ether oxygens (including phenoxy) is 1. The minimum atomic E-state index is -0.492. The van der Waals surface area contributed by atoms with Crippen LogP contribution < -0.4 is 10.1 Å². The average Bonchev–Trinajstić information content (AvgIpc) is 2.46. The molecule has 1 aliphatic rings. The summed E-state index contributed by atoms with van der Waals surface area (Å²) in [6.07, 6.45) is -0.492. The van der Waals surface area contributed by atoms with Crippen molar-refractivity contribution in [2.24, 2.45) is 5.92 Å². The number of methoxy groups -OCH3 is 1. The predicted octanol–water partition coefficient (Wildman–Crippen LogP) is 1.89. The number of hydrogen-bond acceptors (Lipinski definition) is 4. The second-order valence-corrected chi connectivity index (χ2v) is 6.18. The van der Waals surface area contributed by atoms with E-state index < -0.39 is 6.10 Å². The molecule has 1 heterocycles. The van der Waals surface area contributed by atoms with Gasteiger partial charge >= 0.3 is 0 Å². The number of nitrogens with one attached hydrogen (secondary N) is 1. The maximum Gasteiger partial charge on any atom is 0.127 e. The maximum absolute atomic E-state index is 10.8. The minimum Gasteiger partial charge on any atom is -0.496 e. The van der Waals surface area contributed by atoms with Crippen LogP contribution in [0.1, 0.15) is 29.7 Å². The highest BCUT2D eigenvalue weighted by molar-refractivity contribution is 5.45. The second kappa shape index (κ2) is 7.25. The first-order valence-corrected chi connectivity index (χ1v) is 7.79. The molecule has 2 rings (SSSR count). The van der Waals surface area contributed by atoms with E-state index in [1.165, 1.54) is 0 Å². The van der Waals surface area contributed by atoms with Gasteiger partial charge in [0.15, 0.2) is 0 Å². The summed E-state index contributed by atoms with van der Waals surface area (Å²) in [6.45, 7) is 11.3. The van der Waals surface area contributed by atoms with Crippen LogP contribution in [-0.2, 0) is 0 Å². The lowest BCUT2D eigenvalue weighted by atomic mass is 9.93. The topological polar surface area (TPSA) is 44.7 Å². The van der Waals surface area contributed by atoms with E-state index in [0.29, 0.717) is 0 Å². The fraction of sp³-hybridized carbons (Fsp3) is 0.647. The Morgan fingerprint density at radius 1 is 1.29 bits per heavy atom. The molecule has 118 valence electrons. The zero-order chi connectivity index (χ0) is 15.4. The van der Waals surface area contributed by atoms with Crippen molar-refractivity contribution in [3.8, 4) is 5.75 Å². The fourth-order valence-electron chi connectivity index (χ4n) is 3.19. The molecule has 2 unspecified atom stereocenters. The highest BCUT2D eigenvalue weighted by Gasteiger charge is 2.24. The Balaban J connectivity index is 2.12. The maximum atomic E-state index is 10.8. The summed E-state index contributed by atoms with van der Waals surface area (Å²) in [7, 11) is 1.68. The molecule has 1 saturated heterocycles. The van der Waals surface area contributed by atoms with Crippen LogP contribution in [0.15, 0.2) is 12.1 Å². The van der Waals surface area contributed by atoms with E-state index in [1.54, 1.807) is 7.11 Å². The molecular formula is C17H28N2O2. The van der Waals surface area contributed by atoms with E-state index in [9.17, 15) is 5.11 Å². The molecule has 0 aromatic heterocycles. The molecule has 0 radical (unpaired) electrons. The van der Waals surface area contributed by atoms with Crippen molar-refractivity contribution >= 4 is 0 Å². The number of rotatable bonds is 5. The quantitative estimate of drug-likeness (QED) is 0.870. The predicted molar refractivity (Wildman–Crippen MR) is 85.9 cm³/mol. The van der Waals surface area contributed by atoms with Crippen molar-refractivity contribution in [2.45, 2.75) is 26.9 Å². The van der Waals surface area contributed by atoms with E-state index in [2.05, 4.69) is 30.1 Å². The summed E-state index contributed by atoms with van der Waals surface area (Å²) < 4.78 is 5.51. The number of benzene rings is 1. The molecule has 21 heavy (non-hydrogen) atoms. The van der Waals surface area contributed by atoms with Gasteiger partial charge in [-0.2, -0.15) is 0 Å². The van der Waals surface area contributed by atoms with Crippen LogP contribution in [0.5, 0.6) is 5.75 Å². The molecule has 0 bridgehead atoms. The largest absolute Gasteiger partial charge is 0.496 e. The van der Waals surface area contributed by atoms with Crippen molar-refractivity contribution < 1.29 is 9.84 Å². The van der Waals surface area contributed by atoms with Crippen molar-refractivity contribution in [3.63, 3.8) is 0 Å². The van der Waals surface area contributed by atoms with E-state index >= 15 is 0 Å². The number of hydrogen-bond donors (Lipinski definition) is 2. The van der Waals surface area contributed by atoms with Gasteiger partial charge in [-0.15, -0.1) is 0 Å². The van der Waals surface area contributed by atoms with Gasteiger partial charge in [-0.05, 0) is 31.4 Å². The lowest BCUT2D eigenvalue weighted by molar-refractivity contribution is 0.0820. The van der Waals surface area contributed by atoms with Gasteiger partial charge in [0.1, 0.15) is 5.75 Å². The van der Waals surface area contributed by atoms with Gasteiger partial charge in [0.25, 0.3) is 0 Å². The summed E-state index contributed by atoms with van der Waals surface area (Å²) in [5, 5.41) is 14.1. The van der Waals surface area contributed by atoms with Crippen LogP contribution >= 0.6 is 0 Å². The Labute approximate surface area is 128 Å². The van der Waals surface area contributed by atoms with E-state index in [4.69, 9.17) is 4.74 Å². The van der Waals surface area contributed by atoms with Gasteiger partial charge in [0, 0.05) is 38.3 Å². The molecule has 0 spiro atoms. The lowest BCUT2D eigenvalue weighted by Gasteiger charge is -2.32. The Kier molecular flexibility index (Phi) is 5.62. The van der Waals surface area contributed by atoms with Gasteiger partial charge in [-0.1, -0.05) is 18.6 Å². The first kappa shape index (κ1) is 16.3. The van der Waals surface area contributed by atoms with Gasteiger partial charge in [-0.25, -0.2) is 0 Å². The summed E-state index contributed by atoms with van der Waals surface area (Å²) in [6, 6.07) is 4.14. The van der Waals surface area contributed by atoms with E-state index in [1.807, 2.05) is 13.0 Å². The van der Waals surface area contributed by atoms with Crippen LogP contribution in [0, 0.1) is 19.8 Å². The number of aliphatic hydroxyl groups is 1. The van der Waals surface area contributed by atoms with Crippen molar-refractivity contribution in [3.05, 3.63) is 28.8 Å². The third-order valence-electron chi connectivity index (χ3n) is 4.27. The second-order valence-electron chi connectivity index (χ2n) is 6.18. The molecule has 4 heteroatoms. The summed E-state index contributed by atoms with van der Waals surface area (Å²) in [4.78, 5) is 2.42. The first-order chi connectivity index (χ1) is 10.0. The van der Waals surface area contributed by atoms with Gasteiger partial charge in [0.05, 0.1) is 13.2 Å². The molecule has 1 aromatic rings. The van der Waals surface area contributed by atoms with E-state index in [0.717, 1.165) is 55.2 Å². The zero-order valence-electron chi connectivity index (χ0n) is 13.6. The number of nitrogens with zero attached hydrogens (tertiary/aromatic N) is 1.